The van der Waals surface area contributed by atoms with E-state index in [4.69, 9.17) is 9.72 Å². The number of aromatic nitrogens is 2. The van der Waals surface area contributed by atoms with Crippen LogP contribution in [0.3, 0.4) is 0 Å². The van der Waals surface area contributed by atoms with Crippen LogP contribution in [0.25, 0.3) is 22.0 Å². The number of piperidine rings is 1. The summed E-state index contributed by atoms with van der Waals surface area (Å²) < 4.78 is 5.79. The summed E-state index contributed by atoms with van der Waals surface area (Å²) >= 11 is 3.52. The summed E-state index contributed by atoms with van der Waals surface area (Å²) in [6.45, 7) is 3.86. The van der Waals surface area contributed by atoms with E-state index < -0.39 is 12.1 Å². The molecule has 1 aromatic heterocycles. The van der Waals surface area contributed by atoms with Crippen LogP contribution in [0, 0.1) is 11.8 Å². The summed E-state index contributed by atoms with van der Waals surface area (Å²) in [7, 11) is 1.31. The highest BCUT2D eigenvalue weighted by Crippen LogP contribution is 2.53. The fourth-order valence-corrected chi connectivity index (χ4v) is 5.29. The summed E-state index contributed by atoms with van der Waals surface area (Å²) in [6, 6.07) is 12.0. The number of ether oxygens (including phenoxy) is 1. The zero-order chi connectivity index (χ0) is 23.3. The first-order chi connectivity index (χ1) is 15.9. The molecule has 3 aromatic rings. The molecule has 2 fully saturated rings. The van der Waals surface area contributed by atoms with E-state index in [1.165, 1.54) is 7.11 Å². The van der Waals surface area contributed by atoms with Crippen molar-refractivity contribution in [2.45, 2.75) is 44.8 Å². The van der Waals surface area contributed by atoms with Crippen molar-refractivity contribution >= 4 is 38.7 Å². The van der Waals surface area contributed by atoms with E-state index in [1.54, 1.807) is 0 Å². The molecule has 33 heavy (non-hydrogen) atoms. The number of benzene rings is 2. The summed E-state index contributed by atoms with van der Waals surface area (Å²) in [5.41, 5.74) is 1.89. The smallest absolute Gasteiger partial charge is 0.407 e. The van der Waals surface area contributed by atoms with Crippen LogP contribution >= 0.6 is 15.9 Å². The number of nitrogens with zero attached hydrogens (tertiary/aromatic N) is 2. The topological polar surface area (TPSA) is 87.3 Å². The van der Waals surface area contributed by atoms with Crippen LogP contribution in [0.15, 0.2) is 47.1 Å². The third kappa shape index (κ3) is 4.12. The minimum Gasteiger partial charge on any atom is -0.453 e. The van der Waals surface area contributed by atoms with Crippen LogP contribution in [-0.4, -0.2) is 46.1 Å². The Balaban J connectivity index is 1.41. The number of fused-ring (bicyclic) bond motifs is 2. The Morgan fingerprint density at radius 2 is 1.94 bits per heavy atom. The molecule has 8 heteroatoms. The van der Waals surface area contributed by atoms with Gasteiger partial charge in [0, 0.05) is 22.3 Å². The van der Waals surface area contributed by atoms with Crippen molar-refractivity contribution in [3.63, 3.8) is 0 Å². The molecule has 1 saturated carbocycles. The number of halogens is 1. The number of nitrogens with one attached hydrogen (secondary N) is 2. The van der Waals surface area contributed by atoms with Crippen molar-refractivity contribution in [3.8, 4) is 11.3 Å². The lowest BCUT2D eigenvalue weighted by Crippen LogP contribution is -2.52. The van der Waals surface area contributed by atoms with Gasteiger partial charge in [0.25, 0.3) is 0 Å². The monoisotopic (exact) mass is 510 g/mol. The SMILES string of the molecule is COC(=O)NC(C(=O)N1[C@@H]2C[C@@H]2C[C@H]1c1nc(-c2ccc3cc(Br)ccc3c2)c[nH]1)C(C)C. The fourth-order valence-electron chi connectivity index (χ4n) is 4.91. The highest BCUT2D eigenvalue weighted by molar-refractivity contribution is 9.10. The number of H-pyrrole nitrogens is 1. The normalized spacial score (nSPS) is 22.3. The summed E-state index contributed by atoms with van der Waals surface area (Å²) in [6.07, 6.45) is 3.22. The van der Waals surface area contributed by atoms with Crippen molar-refractivity contribution in [1.29, 1.82) is 0 Å². The maximum Gasteiger partial charge on any atom is 0.407 e. The Hall–Kier alpha value is -2.87. The third-order valence-electron chi connectivity index (χ3n) is 6.76. The number of alkyl carbamates (subject to hydrolysis) is 1. The Labute approximate surface area is 201 Å². The van der Waals surface area contributed by atoms with Crippen LogP contribution in [0.1, 0.15) is 38.6 Å². The molecular formula is C25H27BrN4O3. The number of hydrogen-bond donors (Lipinski definition) is 2. The van der Waals surface area contributed by atoms with Gasteiger partial charge in [-0.2, -0.15) is 0 Å². The first-order valence-electron chi connectivity index (χ1n) is 11.3. The molecule has 0 spiro atoms. The molecule has 5 rings (SSSR count). The first kappa shape index (κ1) is 21.9. The van der Waals surface area contributed by atoms with Gasteiger partial charge in [0.05, 0.1) is 18.8 Å². The Morgan fingerprint density at radius 1 is 1.18 bits per heavy atom. The molecule has 172 valence electrons. The number of carbonyl (C=O) groups is 2. The minimum atomic E-state index is -0.631. The number of rotatable bonds is 5. The van der Waals surface area contributed by atoms with Gasteiger partial charge in [-0.15, -0.1) is 0 Å². The van der Waals surface area contributed by atoms with Crippen LogP contribution in [0.4, 0.5) is 4.79 Å². The zero-order valence-electron chi connectivity index (χ0n) is 18.8. The van der Waals surface area contributed by atoms with Gasteiger partial charge < -0.3 is 19.9 Å². The fraction of sp³-hybridized carbons (Fsp3) is 0.400. The van der Waals surface area contributed by atoms with E-state index >= 15 is 0 Å². The van der Waals surface area contributed by atoms with E-state index in [9.17, 15) is 9.59 Å². The Morgan fingerprint density at radius 3 is 2.70 bits per heavy atom. The molecular weight excluding hydrogens is 484 g/mol. The standard InChI is InChI=1S/C25H27BrN4O3/c1-13(2)22(29-25(32)33-3)24(31)30-20-10-17(20)11-21(30)23-27-12-19(28-23)16-5-4-15-9-18(26)7-6-14(15)8-16/h4-9,12-13,17,20-22H,10-11H2,1-3H3,(H,27,28)(H,29,32)/t17-,20-,21+,22?/m1/s1. The second-order valence-corrected chi connectivity index (χ2v) is 10.2. The number of hydrogen-bond acceptors (Lipinski definition) is 4. The largest absolute Gasteiger partial charge is 0.453 e. The molecule has 1 aliphatic heterocycles. The molecule has 2 amide bonds. The number of methoxy groups -OCH3 is 1. The molecule has 1 saturated heterocycles. The minimum absolute atomic E-state index is 0.0557. The van der Waals surface area contributed by atoms with Crippen molar-refractivity contribution in [3.05, 3.63) is 52.9 Å². The number of likely N-dealkylation sites (tertiary alicyclic amines) is 1. The zero-order valence-corrected chi connectivity index (χ0v) is 20.4. The molecule has 2 aromatic carbocycles. The van der Waals surface area contributed by atoms with Crippen molar-refractivity contribution in [2.75, 3.05) is 7.11 Å². The molecule has 1 aliphatic carbocycles. The molecule has 2 aliphatic rings. The molecule has 2 N–H and O–H groups in total. The Bertz CT molecular complexity index is 1220. The first-order valence-corrected chi connectivity index (χ1v) is 12.1. The number of aromatic amines is 1. The third-order valence-corrected chi connectivity index (χ3v) is 7.25. The Kier molecular flexibility index (Phi) is 5.64. The van der Waals surface area contributed by atoms with E-state index in [0.717, 1.165) is 45.2 Å². The van der Waals surface area contributed by atoms with Gasteiger partial charge in [0.15, 0.2) is 0 Å². The average Bonchev–Trinajstić information content (AvgIpc) is 3.21. The van der Waals surface area contributed by atoms with E-state index in [0.29, 0.717) is 5.92 Å². The second kappa shape index (κ2) is 8.48. The van der Waals surface area contributed by atoms with Gasteiger partial charge in [-0.3, -0.25) is 4.79 Å². The van der Waals surface area contributed by atoms with Gasteiger partial charge in [0.2, 0.25) is 5.91 Å². The lowest BCUT2D eigenvalue weighted by atomic mass is 10.0. The van der Waals surface area contributed by atoms with Gasteiger partial charge in [0.1, 0.15) is 11.9 Å². The van der Waals surface area contributed by atoms with Crippen LogP contribution < -0.4 is 5.32 Å². The van der Waals surface area contributed by atoms with E-state index in [1.807, 2.05) is 31.0 Å². The van der Waals surface area contributed by atoms with Crippen molar-refractivity contribution in [2.24, 2.45) is 11.8 Å². The van der Waals surface area contributed by atoms with Gasteiger partial charge >= 0.3 is 6.09 Å². The highest BCUT2D eigenvalue weighted by Gasteiger charge is 2.56. The highest BCUT2D eigenvalue weighted by atomic mass is 79.9. The summed E-state index contributed by atoms with van der Waals surface area (Å²) in [5.74, 6) is 1.17. The number of amides is 2. The molecule has 4 atom stereocenters. The van der Waals surface area contributed by atoms with Gasteiger partial charge in [-0.1, -0.05) is 48.0 Å². The van der Waals surface area contributed by atoms with Crippen LogP contribution in [-0.2, 0) is 9.53 Å². The number of imidazole rings is 1. The molecule has 1 unspecified atom stereocenters. The summed E-state index contributed by atoms with van der Waals surface area (Å²) in [5, 5.41) is 5.03. The van der Waals surface area contributed by atoms with Crippen molar-refractivity contribution < 1.29 is 14.3 Å². The van der Waals surface area contributed by atoms with Gasteiger partial charge in [-0.05, 0) is 53.6 Å². The lowest BCUT2D eigenvalue weighted by molar-refractivity contribution is -0.136. The average molecular weight is 511 g/mol. The quantitative estimate of drug-likeness (QED) is 0.503. The van der Waals surface area contributed by atoms with Crippen LogP contribution in [0.5, 0.6) is 0 Å². The maximum absolute atomic E-state index is 13.5. The molecule has 0 bridgehead atoms. The summed E-state index contributed by atoms with van der Waals surface area (Å²) in [4.78, 5) is 35.5. The van der Waals surface area contributed by atoms with Crippen LogP contribution in [0.2, 0.25) is 0 Å². The predicted molar refractivity (Wildman–Crippen MR) is 129 cm³/mol. The number of carbonyl (C=O) groups excluding carboxylic acids is 2. The van der Waals surface area contributed by atoms with E-state index in [2.05, 4.69) is 56.6 Å². The predicted octanol–water partition coefficient (Wildman–Crippen LogP) is 5.03. The van der Waals surface area contributed by atoms with Crippen molar-refractivity contribution in [1.82, 2.24) is 20.2 Å². The second-order valence-electron chi connectivity index (χ2n) is 9.29. The molecule has 2 heterocycles. The van der Waals surface area contributed by atoms with Gasteiger partial charge in [-0.25, -0.2) is 9.78 Å². The molecule has 0 radical (unpaired) electrons. The van der Waals surface area contributed by atoms with E-state index in [-0.39, 0.29) is 23.9 Å². The lowest BCUT2D eigenvalue weighted by Gasteiger charge is -2.31. The molecule has 7 nitrogen and oxygen atoms in total. The maximum atomic E-state index is 13.5.